The molecule has 0 saturated carbocycles. The van der Waals surface area contributed by atoms with Gasteiger partial charge in [-0.15, -0.1) is 0 Å². The van der Waals surface area contributed by atoms with Crippen molar-refractivity contribution in [1.82, 2.24) is 20.9 Å². The van der Waals surface area contributed by atoms with E-state index in [-0.39, 0.29) is 18.9 Å². The summed E-state index contributed by atoms with van der Waals surface area (Å²) in [5, 5.41) is 34.4. The minimum Gasteiger partial charge on any atom is -0.481 e. The molecule has 1 aliphatic heterocycles. The Morgan fingerprint density at radius 1 is 0.846 bits per heavy atom. The molecule has 0 spiro atoms. The summed E-state index contributed by atoms with van der Waals surface area (Å²) >= 11 is 0. The fourth-order valence-corrected chi connectivity index (χ4v) is 4.19. The van der Waals surface area contributed by atoms with Crippen LogP contribution in [0.15, 0.2) is 0 Å². The van der Waals surface area contributed by atoms with Crippen molar-refractivity contribution in [3.8, 4) is 0 Å². The van der Waals surface area contributed by atoms with Gasteiger partial charge >= 0.3 is 17.9 Å². The first-order valence-electron chi connectivity index (χ1n) is 12.7. The summed E-state index contributed by atoms with van der Waals surface area (Å²) in [6, 6.07) is -6.50. The fourth-order valence-electron chi connectivity index (χ4n) is 4.19. The lowest BCUT2D eigenvalue weighted by atomic mass is 10.0. The first-order valence-corrected chi connectivity index (χ1v) is 12.7. The van der Waals surface area contributed by atoms with Crippen LogP contribution in [0.3, 0.4) is 0 Å². The highest BCUT2D eigenvalue weighted by molar-refractivity contribution is 5.97. The SMILES string of the molecule is CC(C)C[C@H](N)C(=O)N[C@@H](CC(=O)O)C(=O)N1CCC[C@H]1C(=O)N[C@H](C(=O)N[C@@H](CC(=O)O)C(=O)O)C(C)C. The second-order valence-corrected chi connectivity index (χ2v) is 10.3. The van der Waals surface area contributed by atoms with Gasteiger partial charge < -0.3 is 41.9 Å². The number of rotatable bonds is 15. The van der Waals surface area contributed by atoms with Gasteiger partial charge in [0.25, 0.3) is 0 Å². The Balaban J connectivity index is 3.05. The van der Waals surface area contributed by atoms with Crippen LogP contribution >= 0.6 is 0 Å². The van der Waals surface area contributed by atoms with Crippen molar-refractivity contribution >= 4 is 41.5 Å². The number of hydrogen-bond acceptors (Lipinski definition) is 8. The molecule has 0 aliphatic carbocycles. The predicted molar refractivity (Wildman–Crippen MR) is 135 cm³/mol. The maximum Gasteiger partial charge on any atom is 0.326 e. The summed E-state index contributed by atoms with van der Waals surface area (Å²) < 4.78 is 0. The molecule has 0 aromatic rings. The first kappa shape index (κ1) is 33.3. The van der Waals surface area contributed by atoms with E-state index in [9.17, 15) is 43.8 Å². The molecule has 0 aromatic carbocycles. The Labute approximate surface area is 225 Å². The monoisotopic (exact) mass is 557 g/mol. The lowest BCUT2D eigenvalue weighted by Gasteiger charge is -2.30. The molecule has 1 aliphatic rings. The molecule has 1 heterocycles. The average Bonchev–Trinajstić information content (AvgIpc) is 3.29. The average molecular weight is 558 g/mol. The number of carboxylic acids is 3. The summed E-state index contributed by atoms with van der Waals surface area (Å²) in [4.78, 5) is 86.5. The summed E-state index contributed by atoms with van der Waals surface area (Å²) in [7, 11) is 0. The van der Waals surface area contributed by atoms with E-state index in [1.807, 2.05) is 13.8 Å². The number of nitrogens with zero attached hydrogens (tertiary/aromatic N) is 1. The molecule has 1 saturated heterocycles. The molecule has 5 atom stereocenters. The third kappa shape index (κ3) is 10.5. The third-order valence-corrected chi connectivity index (χ3v) is 6.13. The molecule has 220 valence electrons. The Kier molecular flexibility index (Phi) is 12.8. The number of carbonyl (C=O) groups excluding carboxylic acids is 4. The number of amides is 4. The van der Waals surface area contributed by atoms with Gasteiger partial charge in [0.05, 0.1) is 18.9 Å². The topological polar surface area (TPSA) is 246 Å². The van der Waals surface area contributed by atoms with E-state index in [4.69, 9.17) is 10.8 Å². The number of carboxylic acid groups (broad SMARTS) is 3. The van der Waals surface area contributed by atoms with Crippen LogP contribution in [-0.2, 0) is 33.6 Å². The summed E-state index contributed by atoms with van der Waals surface area (Å²) in [6.07, 6.45) is -0.713. The van der Waals surface area contributed by atoms with Gasteiger partial charge in [-0.2, -0.15) is 0 Å². The van der Waals surface area contributed by atoms with E-state index in [0.29, 0.717) is 12.8 Å². The highest BCUT2D eigenvalue weighted by Crippen LogP contribution is 2.20. The van der Waals surface area contributed by atoms with Crippen molar-refractivity contribution in [3.63, 3.8) is 0 Å². The van der Waals surface area contributed by atoms with Gasteiger partial charge in [-0.05, 0) is 31.1 Å². The van der Waals surface area contributed by atoms with E-state index in [1.54, 1.807) is 13.8 Å². The van der Waals surface area contributed by atoms with Gasteiger partial charge in [0, 0.05) is 6.54 Å². The molecular formula is C24H39N5O10. The van der Waals surface area contributed by atoms with Gasteiger partial charge in [-0.3, -0.25) is 28.8 Å². The number of aliphatic carboxylic acids is 3. The smallest absolute Gasteiger partial charge is 0.326 e. The third-order valence-electron chi connectivity index (χ3n) is 6.13. The predicted octanol–water partition coefficient (Wildman–Crippen LogP) is -1.50. The van der Waals surface area contributed by atoms with Crippen molar-refractivity contribution in [2.75, 3.05) is 6.54 Å². The quantitative estimate of drug-likeness (QED) is 0.122. The van der Waals surface area contributed by atoms with Crippen molar-refractivity contribution in [3.05, 3.63) is 0 Å². The highest BCUT2D eigenvalue weighted by atomic mass is 16.4. The van der Waals surface area contributed by atoms with Crippen LogP contribution in [0.1, 0.15) is 59.8 Å². The van der Waals surface area contributed by atoms with E-state index in [2.05, 4.69) is 16.0 Å². The zero-order valence-electron chi connectivity index (χ0n) is 22.5. The van der Waals surface area contributed by atoms with Crippen LogP contribution < -0.4 is 21.7 Å². The van der Waals surface area contributed by atoms with E-state index in [1.165, 1.54) is 0 Å². The Hall–Kier alpha value is -3.75. The van der Waals surface area contributed by atoms with E-state index < -0.39 is 90.5 Å². The van der Waals surface area contributed by atoms with Crippen molar-refractivity contribution in [1.29, 1.82) is 0 Å². The van der Waals surface area contributed by atoms with Gasteiger partial charge in [0.1, 0.15) is 24.2 Å². The standard InChI is InChI=1S/C24H39N5O10/c1-11(2)8-13(25)20(34)26-14(9-17(30)31)23(37)29-7-5-6-16(29)21(35)28-19(12(3)4)22(36)27-15(24(38)39)10-18(32)33/h11-16,19H,5-10,25H2,1-4H3,(H,26,34)(H,27,36)(H,28,35)(H,30,31)(H,32,33)(H,38,39)/t13-,14-,15-,16-,19-/m0/s1. The van der Waals surface area contributed by atoms with Crippen LogP contribution in [0.2, 0.25) is 0 Å². The molecule has 1 rings (SSSR count). The van der Waals surface area contributed by atoms with Crippen LogP contribution in [-0.4, -0.2) is 98.5 Å². The number of hydrogen-bond donors (Lipinski definition) is 7. The molecule has 15 heteroatoms. The first-order chi connectivity index (χ1) is 18.0. The van der Waals surface area contributed by atoms with Crippen molar-refractivity contribution < 1.29 is 48.9 Å². The van der Waals surface area contributed by atoms with Crippen LogP contribution in [0.4, 0.5) is 0 Å². The highest BCUT2D eigenvalue weighted by Gasteiger charge is 2.40. The van der Waals surface area contributed by atoms with Crippen LogP contribution in [0.25, 0.3) is 0 Å². The van der Waals surface area contributed by atoms with Crippen LogP contribution in [0.5, 0.6) is 0 Å². The second-order valence-electron chi connectivity index (χ2n) is 10.3. The molecular weight excluding hydrogens is 518 g/mol. The number of carbonyl (C=O) groups is 7. The normalized spacial score (nSPS) is 18.1. The molecule has 0 bridgehead atoms. The molecule has 4 amide bonds. The lowest BCUT2D eigenvalue weighted by molar-refractivity contribution is -0.148. The zero-order valence-corrected chi connectivity index (χ0v) is 22.5. The Bertz CT molecular complexity index is 954. The Morgan fingerprint density at radius 2 is 1.38 bits per heavy atom. The second kappa shape index (κ2) is 15.0. The minimum atomic E-state index is -1.72. The molecule has 0 aromatic heterocycles. The van der Waals surface area contributed by atoms with Gasteiger partial charge in [-0.25, -0.2) is 4.79 Å². The molecule has 39 heavy (non-hydrogen) atoms. The molecule has 0 unspecified atom stereocenters. The fraction of sp³-hybridized carbons (Fsp3) is 0.708. The molecule has 1 fully saturated rings. The van der Waals surface area contributed by atoms with Crippen molar-refractivity contribution in [2.45, 2.75) is 90.0 Å². The molecule has 15 nitrogen and oxygen atoms in total. The maximum absolute atomic E-state index is 13.3. The minimum absolute atomic E-state index is 0.0760. The summed E-state index contributed by atoms with van der Waals surface area (Å²) in [5.74, 6) is -7.97. The van der Waals surface area contributed by atoms with Crippen LogP contribution in [0, 0.1) is 11.8 Å². The molecule has 0 radical (unpaired) electrons. The Morgan fingerprint density at radius 3 is 1.87 bits per heavy atom. The summed E-state index contributed by atoms with van der Waals surface area (Å²) in [6.45, 7) is 6.94. The lowest BCUT2D eigenvalue weighted by Crippen LogP contribution is -2.59. The summed E-state index contributed by atoms with van der Waals surface area (Å²) in [5.41, 5.74) is 5.86. The number of nitrogens with one attached hydrogen (secondary N) is 3. The zero-order chi connectivity index (χ0) is 30.0. The van der Waals surface area contributed by atoms with Gasteiger partial charge in [-0.1, -0.05) is 27.7 Å². The van der Waals surface area contributed by atoms with Gasteiger partial charge in [0.15, 0.2) is 0 Å². The van der Waals surface area contributed by atoms with E-state index >= 15 is 0 Å². The van der Waals surface area contributed by atoms with Gasteiger partial charge in [0.2, 0.25) is 23.6 Å². The maximum atomic E-state index is 13.3. The number of nitrogens with two attached hydrogens (primary N) is 1. The van der Waals surface area contributed by atoms with E-state index in [0.717, 1.165) is 4.90 Å². The van der Waals surface area contributed by atoms with Crippen molar-refractivity contribution in [2.24, 2.45) is 17.6 Å². The molecule has 8 N–H and O–H groups in total. The largest absolute Gasteiger partial charge is 0.481 e. The number of likely N-dealkylation sites (tertiary alicyclic amines) is 1.